The zero-order valence-electron chi connectivity index (χ0n) is 33.1. The average Bonchev–Trinajstić information content (AvgIpc) is 4.05. The summed E-state index contributed by atoms with van der Waals surface area (Å²) in [4.78, 5) is 26.1. The smallest absolute Gasteiger partial charge is 0.309 e. The number of hydrogen-bond acceptors (Lipinski definition) is 7. The van der Waals surface area contributed by atoms with Gasteiger partial charge in [0.25, 0.3) is 0 Å². The minimum atomic E-state index is -0.441. The molecular weight excluding hydrogens is 640 g/mol. The summed E-state index contributed by atoms with van der Waals surface area (Å²) in [6.45, 7) is 5.41. The van der Waals surface area contributed by atoms with Crippen LogP contribution in [0.5, 0.6) is 0 Å². The van der Waals surface area contributed by atoms with Crippen molar-refractivity contribution in [3.05, 3.63) is 0 Å². The summed E-state index contributed by atoms with van der Waals surface area (Å²) in [6.07, 6.45) is 38.5. The summed E-state index contributed by atoms with van der Waals surface area (Å²) in [5, 5.41) is 0. The number of fused-ring (bicyclic) bond motifs is 1. The Morgan fingerprint density at radius 3 is 1.04 bits per heavy atom. The van der Waals surface area contributed by atoms with Gasteiger partial charge in [-0.25, -0.2) is 0 Å². The zero-order valence-corrected chi connectivity index (χ0v) is 33.1. The van der Waals surface area contributed by atoms with E-state index < -0.39 is 11.8 Å². The molecule has 0 spiro atoms. The van der Waals surface area contributed by atoms with Crippen LogP contribution in [0.4, 0.5) is 0 Å². The van der Waals surface area contributed by atoms with Crippen LogP contribution in [-0.4, -0.2) is 61.8 Å². The van der Waals surface area contributed by atoms with Crippen molar-refractivity contribution in [2.45, 2.75) is 243 Å². The molecule has 0 aromatic carbocycles. The standard InChI is InChI=1S/C44H78O7/c1-3-5-7-9-11-13-15-21-27-37-39(49-37)29-23-17-19-25-31-47-43(45)35-33-41-42(51-41)34-36(35)44(46)48-32-26-20-18-24-30-40-38(50-40)28-22-16-14-12-10-8-6-4-2/h35-42H,3-34H2,1-2H3. The first-order valence-electron chi connectivity index (χ1n) is 22.4. The Balaban J connectivity index is 0.932. The van der Waals surface area contributed by atoms with Gasteiger partial charge in [-0.1, -0.05) is 155 Å². The Kier molecular flexibility index (Phi) is 21.5. The van der Waals surface area contributed by atoms with E-state index in [1.165, 1.54) is 128 Å². The van der Waals surface area contributed by atoms with Gasteiger partial charge in [-0.2, -0.15) is 0 Å². The van der Waals surface area contributed by atoms with E-state index >= 15 is 0 Å². The summed E-state index contributed by atoms with van der Waals surface area (Å²) in [5.74, 6) is -1.37. The molecule has 4 aliphatic rings. The number of hydrogen-bond donors (Lipinski definition) is 0. The van der Waals surface area contributed by atoms with Gasteiger partial charge in [0, 0.05) is 0 Å². The molecular formula is C44H78O7. The molecule has 0 amide bonds. The topological polar surface area (TPSA) is 90.2 Å². The fourth-order valence-electron chi connectivity index (χ4n) is 8.44. The molecule has 4 fully saturated rings. The van der Waals surface area contributed by atoms with Crippen molar-refractivity contribution in [3.63, 3.8) is 0 Å². The molecule has 1 saturated carbocycles. The molecule has 3 heterocycles. The van der Waals surface area contributed by atoms with Gasteiger partial charge in [0.15, 0.2) is 0 Å². The third-order valence-corrected chi connectivity index (χ3v) is 12.1. The van der Waals surface area contributed by atoms with E-state index in [2.05, 4.69) is 13.8 Å². The molecule has 8 unspecified atom stereocenters. The second kappa shape index (κ2) is 25.8. The van der Waals surface area contributed by atoms with Crippen molar-refractivity contribution in [3.8, 4) is 0 Å². The lowest BCUT2D eigenvalue weighted by Gasteiger charge is -2.26. The summed E-state index contributed by atoms with van der Waals surface area (Å²) >= 11 is 0. The molecule has 0 aromatic rings. The number of ether oxygens (including phenoxy) is 5. The number of epoxide rings is 3. The first-order chi connectivity index (χ1) is 25.1. The maximum atomic E-state index is 13.0. The average molecular weight is 719 g/mol. The van der Waals surface area contributed by atoms with E-state index in [1.54, 1.807) is 0 Å². The van der Waals surface area contributed by atoms with Crippen molar-refractivity contribution in [1.82, 2.24) is 0 Å². The number of carbonyl (C=O) groups excluding carboxylic acids is 2. The first kappa shape index (κ1) is 42.6. The second-order valence-corrected chi connectivity index (χ2v) is 16.6. The number of rotatable bonds is 34. The van der Waals surface area contributed by atoms with Crippen LogP contribution in [0, 0.1) is 11.8 Å². The van der Waals surface area contributed by atoms with Crippen molar-refractivity contribution in [1.29, 1.82) is 0 Å². The van der Waals surface area contributed by atoms with Gasteiger partial charge in [-0.15, -0.1) is 0 Å². The fraction of sp³-hybridized carbons (Fsp3) is 0.955. The van der Waals surface area contributed by atoms with Crippen molar-refractivity contribution in [2.24, 2.45) is 11.8 Å². The van der Waals surface area contributed by atoms with Crippen molar-refractivity contribution >= 4 is 11.9 Å². The molecule has 7 heteroatoms. The Hall–Kier alpha value is -1.18. The number of unbranched alkanes of at least 4 members (excludes halogenated alkanes) is 20. The highest BCUT2D eigenvalue weighted by molar-refractivity contribution is 5.82. The quantitative estimate of drug-likeness (QED) is 0.0371. The molecule has 0 N–H and O–H groups in total. The zero-order chi connectivity index (χ0) is 35.9. The number of esters is 2. The summed E-state index contributed by atoms with van der Waals surface area (Å²) in [7, 11) is 0. The van der Waals surface area contributed by atoms with E-state index in [0.717, 1.165) is 51.4 Å². The van der Waals surface area contributed by atoms with Gasteiger partial charge < -0.3 is 23.7 Å². The molecule has 0 radical (unpaired) electrons. The van der Waals surface area contributed by atoms with Crippen LogP contribution in [0.2, 0.25) is 0 Å². The van der Waals surface area contributed by atoms with Crippen LogP contribution in [-0.2, 0) is 33.3 Å². The van der Waals surface area contributed by atoms with Gasteiger partial charge >= 0.3 is 11.9 Å². The molecule has 3 saturated heterocycles. The Bertz CT molecular complexity index is 853. The molecule has 0 bridgehead atoms. The summed E-state index contributed by atoms with van der Waals surface area (Å²) in [6, 6.07) is 0. The predicted octanol–water partition coefficient (Wildman–Crippen LogP) is 11.4. The van der Waals surface area contributed by atoms with E-state index in [0.29, 0.717) is 50.5 Å². The third-order valence-electron chi connectivity index (χ3n) is 12.1. The Morgan fingerprint density at radius 1 is 0.412 bits per heavy atom. The molecule has 51 heavy (non-hydrogen) atoms. The summed E-state index contributed by atoms with van der Waals surface area (Å²) in [5.41, 5.74) is 0. The predicted molar refractivity (Wildman–Crippen MR) is 205 cm³/mol. The lowest BCUT2D eigenvalue weighted by Crippen LogP contribution is -2.37. The minimum absolute atomic E-state index is 0.103. The maximum Gasteiger partial charge on any atom is 0.309 e. The third kappa shape index (κ3) is 18.1. The summed E-state index contributed by atoms with van der Waals surface area (Å²) < 4.78 is 28.9. The van der Waals surface area contributed by atoms with E-state index in [1.807, 2.05) is 0 Å². The Labute approximate surface area is 312 Å². The second-order valence-electron chi connectivity index (χ2n) is 16.6. The van der Waals surface area contributed by atoms with Gasteiger partial charge in [-0.3, -0.25) is 9.59 Å². The molecule has 0 aromatic heterocycles. The van der Waals surface area contributed by atoms with Gasteiger partial charge in [0.2, 0.25) is 0 Å². The van der Waals surface area contributed by atoms with Gasteiger partial charge in [0.1, 0.15) is 0 Å². The van der Waals surface area contributed by atoms with Crippen molar-refractivity contribution < 1.29 is 33.3 Å². The Morgan fingerprint density at radius 2 is 0.706 bits per heavy atom. The van der Waals surface area contributed by atoms with E-state index in [-0.39, 0.29) is 24.1 Å². The lowest BCUT2D eigenvalue weighted by atomic mass is 9.79. The van der Waals surface area contributed by atoms with Crippen LogP contribution >= 0.6 is 0 Å². The highest BCUT2D eigenvalue weighted by atomic mass is 16.6. The van der Waals surface area contributed by atoms with Crippen LogP contribution in [0.1, 0.15) is 206 Å². The number of carbonyl (C=O) groups is 2. The van der Waals surface area contributed by atoms with Crippen LogP contribution in [0.15, 0.2) is 0 Å². The minimum Gasteiger partial charge on any atom is -0.465 e. The highest BCUT2D eigenvalue weighted by Gasteiger charge is 2.53. The van der Waals surface area contributed by atoms with E-state index in [4.69, 9.17) is 23.7 Å². The monoisotopic (exact) mass is 719 g/mol. The normalized spacial score (nSPS) is 27.6. The molecule has 4 rings (SSSR count). The fourth-order valence-corrected chi connectivity index (χ4v) is 8.44. The van der Waals surface area contributed by atoms with Crippen LogP contribution in [0.3, 0.4) is 0 Å². The largest absolute Gasteiger partial charge is 0.465 e. The van der Waals surface area contributed by atoms with Crippen LogP contribution in [0.25, 0.3) is 0 Å². The molecule has 1 aliphatic carbocycles. The SMILES string of the molecule is CCCCCCCCCCC1OC1CCCCCCOC(=O)C1CC2OC2CC1C(=O)OCCCCCCC1OC1CCCCCCCCCC. The van der Waals surface area contributed by atoms with Gasteiger partial charge in [-0.05, 0) is 51.4 Å². The maximum absolute atomic E-state index is 13.0. The highest BCUT2D eigenvalue weighted by Crippen LogP contribution is 2.44. The molecule has 3 aliphatic heterocycles. The van der Waals surface area contributed by atoms with Gasteiger partial charge in [0.05, 0.1) is 61.7 Å². The van der Waals surface area contributed by atoms with E-state index in [9.17, 15) is 9.59 Å². The molecule has 7 nitrogen and oxygen atoms in total. The van der Waals surface area contributed by atoms with Crippen molar-refractivity contribution in [2.75, 3.05) is 13.2 Å². The lowest BCUT2D eigenvalue weighted by molar-refractivity contribution is -0.162. The molecule has 8 atom stereocenters. The van der Waals surface area contributed by atoms with Crippen LogP contribution < -0.4 is 0 Å². The first-order valence-corrected chi connectivity index (χ1v) is 22.4. The molecule has 296 valence electrons.